The van der Waals surface area contributed by atoms with E-state index in [9.17, 15) is 39.3 Å². The average molecular weight is 538 g/mol. The van der Waals surface area contributed by atoms with Gasteiger partial charge in [0.15, 0.2) is 11.4 Å². The van der Waals surface area contributed by atoms with Crippen LogP contribution in [0.25, 0.3) is 16.9 Å². The molecule has 5 rings (SSSR count). The van der Waals surface area contributed by atoms with Crippen LogP contribution in [-0.4, -0.2) is 77.6 Å². The number of ether oxygens (including phenoxy) is 1. The van der Waals surface area contributed by atoms with Crippen LogP contribution in [0.15, 0.2) is 38.6 Å². The number of aromatic hydroxyl groups is 1. The van der Waals surface area contributed by atoms with Crippen LogP contribution in [0.5, 0.6) is 5.75 Å². The molecule has 1 fully saturated rings. The van der Waals surface area contributed by atoms with E-state index in [1.54, 1.807) is 14.1 Å². The van der Waals surface area contributed by atoms with Gasteiger partial charge >= 0.3 is 0 Å². The summed E-state index contributed by atoms with van der Waals surface area (Å²) in [5.74, 6) is -6.44. The van der Waals surface area contributed by atoms with Gasteiger partial charge in [0.05, 0.1) is 22.9 Å². The molecule has 3 aliphatic carbocycles. The number of carbonyl (C=O) groups is 3. The Balaban J connectivity index is 1.78. The number of phenols is 1. The summed E-state index contributed by atoms with van der Waals surface area (Å²) in [7, 11) is 5.80. The van der Waals surface area contributed by atoms with Crippen molar-refractivity contribution in [1.29, 1.82) is 0 Å². The number of hydrogen-bond donors (Lipinski definition) is 5. The number of Topliss-reactive ketones (excluding diaryl/α,β-unsaturated/α-hetero) is 2. The molecule has 0 aliphatic heterocycles. The zero-order valence-electron chi connectivity index (χ0n) is 21.6. The molecule has 4 atom stereocenters. The molecule has 0 unspecified atom stereocenters. The highest BCUT2D eigenvalue weighted by molar-refractivity contribution is 6.24. The lowest BCUT2D eigenvalue weighted by atomic mass is 9.57. The van der Waals surface area contributed by atoms with E-state index in [0.29, 0.717) is 11.1 Å². The maximum Gasteiger partial charge on any atom is 0.255 e. The monoisotopic (exact) mass is 537 g/mol. The molecule has 0 radical (unpaired) electrons. The number of phenolic OH excluding ortho intramolecular Hbond substituents is 1. The Morgan fingerprint density at radius 3 is 2.33 bits per heavy atom. The summed E-state index contributed by atoms with van der Waals surface area (Å²) in [4.78, 5) is 65.8. The van der Waals surface area contributed by atoms with Crippen LogP contribution < -0.4 is 21.9 Å². The second-order valence-corrected chi connectivity index (χ2v) is 10.3. The summed E-state index contributed by atoms with van der Waals surface area (Å²) in [6.07, 6.45) is 0.104. The molecule has 0 spiro atoms. The number of fused-ring (bicyclic) bond motifs is 3. The largest absolute Gasteiger partial charge is 0.508 e. The molecule has 3 aliphatic rings. The summed E-state index contributed by atoms with van der Waals surface area (Å²) < 4.78 is 5.63. The summed E-state index contributed by atoms with van der Waals surface area (Å²) >= 11 is 0. The first-order valence-corrected chi connectivity index (χ1v) is 12.2. The molecule has 1 amide bonds. The van der Waals surface area contributed by atoms with Crippen molar-refractivity contribution in [2.45, 2.75) is 24.5 Å². The molecule has 1 saturated carbocycles. The van der Waals surface area contributed by atoms with Gasteiger partial charge in [-0.15, -0.1) is 0 Å². The Labute approximate surface area is 221 Å². The van der Waals surface area contributed by atoms with Gasteiger partial charge in [0.25, 0.3) is 5.91 Å². The normalized spacial score (nSPS) is 26.5. The summed E-state index contributed by atoms with van der Waals surface area (Å²) in [5, 5.41) is 36.0. The first-order valence-electron chi connectivity index (χ1n) is 12.2. The lowest BCUT2D eigenvalue weighted by Crippen LogP contribution is -2.66. The van der Waals surface area contributed by atoms with Crippen LogP contribution in [0.3, 0.4) is 0 Å². The predicted molar refractivity (Wildman–Crippen MR) is 139 cm³/mol. The number of rotatable bonds is 5. The van der Waals surface area contributed by atoms with Crippen LogP contribution in [0, 0.1) is 11.8 Å². The predicted octanol–water partition coefficient (Wildman–Crippen LogP) is -0.0772. The minimum atomic E-state index is -2.20. The molecule has 0 heterocycles. The Hall–Kier alpha value is -4.29. The van der Waals surface area contributed by atoms with E-state index in [0.717, 1.165) is 7.11 Å². The molecule has 6 N–H and O–H groups in total. The van der Waals surface area contributed by atoms with Crippen molar-refractivity contribution in [2.24, 2.45) is 17.6 Å². The van der Waals surface area contributed by atoms with E-state index in [-0.39, 0.29) is 41.0 Å². The number of methoxy groups -OCH3 is 1. The van der Waals surface area contributed by atoms with Crippen LogP contribution in [-0.2, 0) is 25.5 Å². The molecule has 12 heteroatoms. The zero-order chi connectivity index (χ0) is 28.7. The molecule has 0 bridgehead atoms. The highest BCUT2D eigenvalue weighted by atomic mass is 16.5. The van der Waals surface area contributed by atoms with Crippen molar-refractivity contribution < 1.29 is 34.4 Å². The summed E-state index contributed by atoms with van der Waals surface area (Å²) in [6.45, 7) is 0. The van der Waals surface area contributed by atoms with Crippen LogP contribution in [0.1, 0.15) is 17.5 Å². The Morgan fingerprint density at radius 1 is 1.10 bits per heavy atom. The van der Waals surface area contributed by atoms with Crippen LogP contribution >= 0.6 is 0 Å². The fourth-order valence-electron chi connectivity index (χ4n) is 6.69. The van der Waals surface area contributed by atoms with Gasteiger partial charge in [0, 0.05) is 25.6 Å². The van der Waals surface area contributed by atoms with Gasteiger partial charge in [0.1, 0.15) is 22.8 Å². The second kappa shape index (κ2) is 8.61. The van der Waals surface area contributed by atoms with Crippen molar-refractivity contribution in [3.8, 4) is 16.9 Å². The molecule has 39 heavy (non-hydrogen) atoms. The Bertz CT molecular complexity index is 1630. The number of nitrogens with zero attached hydrogens (tertiary/aromatic N) is 1. The maximum atomic E-state index is 14.2. The number of benzene rings is 1. The molecule has 12 nitrogen and oxygen atoms in total. The minimum Gasteiger partial charge on any atom is -0.508 e. The van der Waals surface area contributed by atoms with E-state index in [1.807, 2.05) is 0 Å². The molecule has 2 aromatic rings. The van der Waals surface area contributed by atoms with E-state index >= 15 is 0 Å². The quantitative estimate of drug-likeness (QED) is 0.253. The first-order chi connectivity index (χ1) is 18.3. The lowest BCUT2D eigenvalue weighted by Gasteiger charge is -2.52. The van der Waals surface area contributed by atoms with E-state index in [2.05, 4.69) is 5.32 Å². The first kappa shape index (κ1) is 26.3. The Morgan fingerprint density at radius 2 is 1.77 bits per heavy atom. The van der Waals surface area contributed by atoms with Gasteiger partial charge in [-0.2, -0.15) is 0 Å². The van der Waals surface area contributed by atoms with E-state index in [1.165, 1.54) is 24.1 Å². The van der Waals surface area contributed by atoms with Gasteiger partial charge in [-0.1, -0.05) is 6.07 Å². The van der Waals surface area contributed by atoms with E-state index in [4.69, 9.17) is 10.5 Å². The van der Waals surface area contributed by atoms with Gasteiger partial charge in [-0.05, 0) is 50.0 Å². The number of aliphatic hydroxyl groups excluding tert-OH is 2. The molecule has 0 saturated heterocycles. The number of nitrogens with one attached hydrogen (secondary N) is 1. The second-order valence-electron chi connectivity index (χ2n) is 10.3. The fraction of sp³-hybridized carbons (Fsp3) is 0.370. The molecular formula is C27H27N3O9. The standard InChI is InChI=1S/C27H27N3O9/c1-29-18-16(22(34)23(18)35)10-5-6-13(31)15-11(10)7-9-8-12-19(30(2)3)21(33)17(26(28)38)25(37)27(12,39-4)24(36)14(9)20(15)32/h5-6,9,12,19,29,31-32,37H,7-8H2,1-4H3,(H2,28,38)/t9-,12-,19-,27-/m0/s1. The lowest BCUT2D eigenvalue weighted by molar-refractivity contribution is -0.159. The zero-order valence-corrected chi connectivity index (χ0v) is 21.6. The molecule has 0 aromatic heterocycles. The number of aliphatic hydroxyl groups is 2. The van der Waals surface area contributed by atoms with Gasteiger partial charge in [-0.3, -0.25) is 28.9 Å². The topological polar surface area (TPSA) is 197 Å². The number of hydrogen-bond acceptors (Lipinski definition) is 11. The number of anilines is 1. The average Bonchev–Trinajstić information content (AvgIpc) is 2.87. The fourth-order valence-corrected chi connectivity index (χ4v) is 6.69. The third kappa shape index (κ3) is 3.15. The molecule has 2 aromatic carbocycles. The summed E-state index contributed by atoms with van der Waals surface area (Å²) in [5.41, 5.74) is 1.68. The highest BCUT2D eigenvalue weighted by Gasteiger charge is 2.65. The maximum absolute atomic E-state index is 14.2. The van der Waals surface area contributed by atoms with Crippen molar-refractivity contribution in [1.82, 2.24) is 4.90 Å². The third-order valence-corrected chi connectivity index (χ3v) is 8.32. The molecule has 204 valence electrons. The number of carbonyl (C=O) groups excluding carboxylic acids is 3. The smallest absolute Gasteiger partial charge is 0.255 e. The molecular weight excluding hydrogens is 510 g/mol. The highest BCUT2D eigenvalue weighted by Crippen LogP contribution is 2.54. The van der Waals surface area contributed by atoms with Crippen LogP contribution in [0.2, 0.25) is 0 Å². The summed E-state index contributed by atoms with van der Waals surface area (Å²) in [6, 6.07) is 1.63. The Kier molecular flexibility index (Phi) is 5.81. The van der Waals surface area contributed by atoms with Gasteiger partial charge < -0.3 is 31.1 Å². The van der Waals surface area contributed by atoms with Gasteiger partial charge in [0.2, 0.25) is 16.6 Å². The van der Waals surface area contributed by atoms with Crippen molar-refractivity contribution in [2.75, 3.05) is 33.6 Å². The SMILES string of the molecule is CNc1c(-c2ccc(O)c3c2C[C@H]2C[C@H]4[C@H](N(C)C)C(=O)C(C(N)=O)=C(O)[C@@]4(OC)C(=O)C2=C3O)c(=O)c1=O. The number of nitrogens with two attached hydrogens (primary N) is 1. The van der Waals surface area contributed by atoms with E-state index < -0.39 is 68.9 Å². The number of ketones is 2. The number of amides is 1. The number of primary amides is 1. The third-order valence-electron chi connectivity index (χ3n) is 8.32. The number of likely N-dealkylation sites (N-methyl/N-ethyl adjacent to an activating group) is 1. The van der Waals surface area contributed by atoms with Crippen molar-refractivity contribution in [3.05, 3.63) is 60.6 Å². The van der Waals surface area contributed by atoms with Crippen LogP contribution in [0.4, 0.5) is 5.69 Å². The van der Waals surface area contributed by atoms with Crippen molar-refractivity contribution >= 4 is 28.9 Å². The van der Waals surface area contributed by atoms with Crippen molar-refractivity contribution in [3.63, 3.8) is 0 Å². The van der Waals surface area contributed by atoms with Gasteiger partial charge in [-0.25, -0.2) is 0 Å². The minimum absolute atomic E-state index is 0.0447.